The van der Waals surface area contributed by atoms with Gasteiger partial charge in [-0.3, -0.25) is 19.2 Å². The number of ether oxygens (including phenoxy) is 4. The highest BCUT2D eigenvalue weighted by Gasteiger charge is 2.13. The van der Waals surface area contributed by atoms with Gasteiger partial charge in [0.05, 0.1) is 54.1 Å². The summed E-state index contributed by atoms with van der Waals surface area (Å²) in [6.45, 7) is 5.34. The molecule has 0 heterocycles. The van der Waals surface area contributed by atoms with Crippen molar-refractivity contribution in [3.05, 3.63) is 0 Å². The summed E-state index contributed by atoms with van der Waals surface area (Å²) in [7, 11) is 7.49. The maximum Gasteiger partial charge on any atom is 0.306 e. The molecule has 0 amide bonds. The third kappa shape index (κ3) is 17.3. The van der Waals surface area contributed by atoms with E-state index in [1.165, 1.54) is 28.4 Å². The van der Waals surface area contributed by atoms with Crippen LogP contribution in [0.15, 0.2) is 0 Å². The molecule has 11 nitrogen and oxygen atoms in total. The minimum atomic E-state index is -0.274. The Morgan fingerprint density at radius 1 is 0.471 bits per heavy atom. The first-order valence-corrected chi connectivity index (χ1v) is 11.7. The van der Waals surface area contributed by atoms with Gasteiger partial charge in [-0.15, -0.1) is 0 Å². The Hall–Kier alpha value is -2.24. The lowest BCUT2D eigenvalue weighted by molar-refractivity contribution is -0.142. The van der Waals surface area contributed by atoms with Crippen molar-refractivity contribution in [2.45, 2.75) is 38.5 Å². The molecule has 0 radical (unpaired) electrons. The first-order valence-electron chi connectivity index (χ1n) is 11.7. The Balaban J connectivity index is 4.41. The van der Waals surface area contributed by atoms with Gasteiger partial charge in [0.1, 0.15) is 0 Å². The van der Waals surface area contributed by atoms with E-state index in [2.05, 4.69) is 14.7 Å². The summed E-state index contributed by atoms with van der Waals surface area (Å²) in [6.07, 6.45) is 2.88. The minimum Gasteiger partial charge on any atom is -0.469 e. The van der Waals surface area contributed by atoms with E-state index in [1.807, 2.05) is 7.05 Å². The van der Waals surface area contributed by atoms with E-state index in [1.54, 1.807) is 0 Å². The highest BCUT2D eigenvalue weighted by Crippen LogP contribution is 2.03. The fourth-order valence-electron chi connectivity index (χ4n) is 3.32. The maximum absolute atomic E-state index is 11.5. The Morgan fingerprint density at radius 2 is 0.735 bits per heavy atom. The second-order valence-electron chi connectivity index (χ2n) is 8.00. The average molecular weight is 490 g/mol. The molecule has 0 unspecified atom stereocenters. The lowest BCUT2D eigenvalue weighted by Gasteiger charge is -2.25. The molecule has 0 rings (SSSR count). The number of carbonyl (C=O) groups is 4. The number of hydrogen-bond donors (Lipinski definition) is 0. The summed E-state index contributed by atoms with van der Waals surface area (Å²) in [5.41, 5.74) is 0. The minimum absolute atomic E-state index is 0.274. The van der Waals surface area contributed by atoms with E-state index in [0.29, 0.717) is 26.2 Å². The van der Waals surface area contributed by atoms with Gasteiger partial charge >= 0.3 is 23.9 Å². The van der Waals surface area contributed by atoms with E-state index in [4.69, 9.17) is 18.9 Å². The SMILES string of the molecule is COC(=O)CCN(CCCN(C)CCCN(CCC(=O)OC)CCC(=O)OC)CCC(=O)OC. The van der Waals surface area contributed by atoms with Crippen LogP contribution in [0.2, 0.25) is 0 Å². The second-order valence-corrected chi connectivity index (χ2v) is 8.00. The molecule has 0 spiro atoms. The van der Waals surface area contributed by atoms with Crippen molar-refractivity contribution in [3.63, 3.8) is 0 Å². The van der Waals surface area contributed by atoms with Gasteiger partial charge in [-0.05, 0) is 46.1 Å². The van der Waals surface area contributed by atoms with Crippen LogP contribution in [0.5, 0.6) is 0 Å². The maximum atomic E-state index is 11.5. The van der Waals surface area contributed by atoms with Crippen LogP contribution in [0.3, 0.4) is 0 Å². The third-order valence-electron chi connectivity index (χ3n) is 5.47. The summed E-state index contributed by atoms with van der Waals surface area (Å²) in [6, 6.07) is 0. The predicted octanol–water partition coefficient (Wildman–Crippen LogP) is 0.555. The summed E-state index contributed by atoms with van der Waals surface area (Å²) < 4.78 is 18.8. The molecule has 0 fully saturated rings. The third-order valence-corrected chi connectivity index (χ3v) is 5.47. The van der Waals surface area contributed by atoms with Crippen LogP contribution in [0.1, 0.15) is 38.5 Å². The molecule has 0 saturated heterocycles. The predicted molar refractivity (Wildman–Crippen MR) is 126 cm³/mol. The second kappa shape index (κ2) is 20.2. The Bertz CT molecular complexity index is 513. The molecule has 11 heteroatoms. The van der Waals surface area contributed by atoms with Crippen LogP contribution in [0, 0.1) is 0 Å². The Kier molecular flexibility index (Phi) is 18.8. The van der Waals surface area contributed by atoms with E-state index in [9.17, 15) is 19.2 Å². The Labute approximate surface area is 203 Å². The highest BCUT2D eigenvalue weighted by molar-refractivity contribution is 5.70. The van der Waals surface area contributed by atoms with Crippen molar-refractivity contribution in [2.24, 2.45) is 0 Å². The van der Waals surface area contributed by atoms with Crippen molar-refractivity contribution >= 4 is 23.9 Å². The number of rotatable bonds is 20. The standard InChI is InChI=1S/C23H43N3O8/c1-24(12-6-14-25(16-8-20(27)31-2)17-9-21(28)32-3)13-7-15-26(18-10-22(29)33-4)19-11-23(30)34-5/h6-19H2,1-5H3. The van der Waals surface area contributed by atoms with Crippen LogP contribution >= 0.6 is 0 Å². The molecule has 0 atom stereocenters. The first-order chi connectivity index (χ1) is 16.2. The molecule has 0 bridgehead atoms. The van der Waals surface area contributed by atoms with Gasteiger partial charge in [-0.2, -0.15) is 0 Å². The summed E-state index contributed by atoms with van der Waals surface area (Å²) in [4.78, 5) is 52.2. The first kappa shape index (κ1) is 31.8. The number of nitrogens with zero attached hydrogens (tertiary/aromatic N) is 3. The van der Waals surface area contributed by atoms with E-state index in [0.717, 1.165) is 39.0 Å². The van der Waals surface area contributed by atoms with Gasteiger partial charge in [-0.1, -0.05) is 0 Å². The van der Waals surface area contributed by atoms with Crippen molar-refractivity contribution in [3.8, 4) is 0 Å². The van der Waals surface area contributed by atoms with Crippen molar-refractivity contribution < 1.29 is 38.1 Å². The van der Waals surface area contributed by atoms with E-state index >= 15 is 0 Å². The molecule has 0 aliphatic rings. The zero-order chi connectivity index (χ0) is 25.8. The van der Waals surface area contributed by atoms with Gasteiger partial charge in [0, 0.05) is 26.2 Å². The van der Waals surface area contributed by atoms with Gasteiger partial charge in [-0.25, -0.2) is 0 Å². The monoisotopic (exact) mass is 489 g/mol. The van der Waals surface area contributed by atoms with Crippen LogP contribution in [0.25, 0.3) is 0 Å². The molecule has 0 aromatic carbocycles. The van der Waals surface area contributed by atoms with Gasteiger partial charge in [0.2, 0.25) is 0 Å². The number of methoxy groups -OCH3 is 4. The molecule has 0 aromatic rings. The molecular formula is C23H43N3O8. The van der Waals surface area contributed by atoms with Gasteiger partial charge in [0.25, 0.3) is 0 Å². The zero-order valence-electron chi connectivity index (χ0n) is 21.5. The molecule has 198 valence electrons. The molecule has 0 saturated carbocycles. The van der Waals surface area contributed by atoms with Crippen LogP contribution in [-0.2, 0) is 38.1 Å². The largest absolute Gasteiger partial charge is 0.469 e. The summed E-state index contributed by atoms with van der Waals surface area (Å²) in [5.74, 6) is -1.10. The lowest BCUT2D eigenvalue weighted by atomic mass is 10.2. The van der Waals surface area contributed by atoms with E-state index in [-0.39, 0.29) is 49.6 Å². The van der Waals surface area contributed by atoms with Crippen LogP contribution in [0.4, 0.5) is 0 Å². The van der Waals surface area contributed by atoms with Crippen LogP contribution < -0.4 is 0 Å². The highest BCUT2D eigenvalue weighted by atomic mass is 16.5. The molecule has 34 heavy (non-hydrogen) atoms. The lowest BCUT2D eigenvalue weighted by Crippen LogP contribution is -2.34. The molecule has 0 aliphatic carbocycles. The van der Waals surface area contributed by atoms with Crippen molar-refractivity contribution in [2.75, 3.05) is 87.8 Å². The van der Waals surface area contributed by atoms with Crippen molar-refractivity contribution in [1.82, 2.24) is 14.7 Å². The van der Waals surface area contributed by atoms with Gasteiger partial charge in [0.15, 0.2) is 0 Å². The average Bonchev–Trinajstić information content (AvgIpc) is 2.85. The normalized spacial score (nSPS) is 11.1. The van der Waals surface area contributed by atoms with Crippen LogP contribution in [-0.4, -0.2) is 126 Å². The number of carbonyl (C=O) groups excluding carboxylic acids is 4. The fourth-order valence-corrected chi connectivity index (χ4v) is 3.32. The summed E-state index contributed by atoms with van der Waals surface area (Å²) >= 11 is 0. The number of esters is 4. The fraction of sp³-hybridized carbons (Fsp3) is 0.826. The van der Waals surface area contributed by atoms with Crippen molar-refractivity contribution in [1.29, 1.82) is 0 Å². The number of hydrogen-bond acceptors (Lipinski definition) is 11. The Morgan fingerprint density at radius 3 is 0.971 bits per heavy atom. The van der Waals surface area contributed by atoms with Gasteiger partial charge < -0.3 is 33.6 Å². The summed E-state index contributed by atoms with van der Waals surface area (Å²) in [5, 5.41) is 0. The molecule has 0 aromatic heterocycles. The quantitative estimate of drug-likeness (QED) is 0.176. The van der Waals surface area contributed by atoms with E-state index < -0.39 is 0 Å². The smallest absolute Gasteiger partial charge is 0.306 e. The topological polar surface area (TPSA) is 115 Å². The molecule has 0 N–H and O–H groups in total. The molecular weight excluding hydrogens is 446 g/mol. The molecule has 0 aliphatic heterocycles. The zero-order valence-corrected chi connectivity index (χ0v) is 21.5.